The Balaban J connectivity index is 2.43. The van der Waals surface area contributed by atoms with E-state index in [1.165, 1.54) is 0 Å². The summed E-state index contributed by atoms with van der Waals surface area (Å²) in [6.45, 7) is 6.41. The molecule has 0 aliphatic heterocycles. The number of para-hydroxylation sites is 1. The van der Waals surface area contributed by atoms with Gasteiger partial charge in [0, 0.05) is 18.0 Å². The topological polar surface area (TPSA) is 83.4 Å². The minimum atomic E-state index is -0.575. The first-order valence-electron chi connectivity index (χ1n) is 7.44. The molecule has 2 aromatic rings. The second kappa shape index (κ2) is 6.98. The van der Waals surface area contributed by atoms with Crippen LogP contribution in [0.4, 0.5) is 16.2 Å². The molecule has 2 rings (SSSR count). The van der Waals surface area contributed by atoms with E-state index in [4.69, 9.17) is 4.42 Å². The lowest BCUT2D eigenvalue weighted by molar-refractivity contribution is 0.249. The fourth-order valence-corrected chi connectivity index (χ4v) is 2.10. The molecule has 22 heavy (non-hydrogen) atoms. The number of rotatable bonds is 5. The maximum absolute atomic E-state index is 12.2. The molecule has 0 saturated carbocycles. The second-order valence-corrected chi connectivity index (χ2v) is 5.07. The first kappa shape index (κ1) is 15.9. The lowest BCUT2D eigenvalue weighted by Gasteiger charge is -2.15. The third-order valence-corrected chi connectivity index (χ3v) is 3.40. The van der Waals surface area contributed by atoms with Crippen LogP contribution in [0.2, 0.25) is 0 Å². The number of carbonyl (C=O) groups is 1. The predicted octanol–water partition coefficient (Wildman–Crippen LogP) is 3.14. The van der Waals surface area contributed by atoms with Gasteiger partial charge in [0.15, 0.2) is 5.69 Å². The van der Waals surface area contributed by atoms with Gasteiger partial charge in [0.2, 0.25) is 0 Å². The third-order valence-electron chi connectivity index (χ3n) is 3.40. The summed E-state index contributed by atoms with van der Waals surface area (Å²) in [4.78, 5) is 24.2. The van der Waals surface area contributed by atoms with Gasteiger partial charge in [0.05, 0.1) is 5.69 Å². The normalized spacial score (nSPS) is 12.0. The Morgan fingerprint density at radius 2 is 1.95 bits per heavy atom. The summed E-state index contributed by atoms with van der Waals surface area (Å²) in [5.41, 5.74) is 0.611. The molecule has 0 aliphatic rings. The average molecular weight is 303 g/mol. The van der Waals surface area contributed by atoms with Gasteiger partial charge in [-0.05, 0) is 32.4 Å². The lowest BCUT2D eigenvalue weighted by atomic mass is 10.2. The Bertz CT molecular complexity index is 724. The average Bonchev–Trinajstić information content (AvgIpc) is 2.50. The van der Waals surface area contributed by atoms with Gasteiger partial charge < -0.3 is 15.1 Å². The molecule has 1 atom stereocenters. The molecule has 6 heteroatoms. The van der Waals surface area contributed by atoms with Crippen molar-refractivity contribution in [3.8, 4) is 0 Å². The number of hydrogen-bond donors (Lipinski definition) is 3. The fourth-order valence-electron chi connectivity index (χ4n) is 2.10. The van der Waals surface area contributed by atoms with Gasteiger partial charge in [-0.25, -0.2) is 9.59 Å². The monoisotopic (exact) mass is 303 g/mol. The molecule has 118 valence electrons. The molecule has 3 N–H and O–H groups in total. The summed E-state index contributed by atoms with van der Waals surface area (Å²) in [5, 5.41) is 9.25. The summed E-state index contributed by atoms with van der Waals surface area (Å²) < 4.78 is 5.27. The lowest BCUT2D eigenvalue weighted by Crippen LogP contribution is -2.37. The summed E-state index contributed by atoms with van der Waals surface area (Å²) in [7, 11) is 0. The van der Waals surface area contributed by atoms with E-state index in [0.717, 1.165) is 11.8 Å². The van der Waals surface area contributed by atoms with Gasteiger partial charge >= 0.3 is 11.7 Å². The maximum atomic E-state index is 12.2. The van der Waals surface area contributed by atoms with Gasteiger partial charge in [0.1, 0.15) is 5.58 Å². The fraction of sp³-hybridized carbons (Fsp3) is 0.375. The highest BCUT2D eigenvalue weighted by Gasteiger charge is 2.16. The zero-order valence-corrected chi connectivity index (χ0v) is 13.0. The van der Waals surface area contributed by atoms with Crippen LogP contribution in [0.15, 0.2) is 33.5 Å². The van der Waals surface area contributed by atoms with Crippen LogP contribution in [0.25, 0.3) is 11.0 Å². The third kappa shape index (κ3) is 3.39. The molecule has 0 spiro atoms. The summed E-state index contributed by atoms with van der Waals surface area (Å²) in [5.74, 6) is 0. The minimum absolute atomic E-state index is 0.0232. The van der Waals surface area contributed by atoms with Gasteiger partial charge in [-0.3, -0.25) is 5.32 Å². The summed E-state index contributed by atoms with van der Waals surface area (Å²) >= 11 is 0. The largest absolute Gasteiger partial charge is 0.421 e. The number of urea groups is 1. The Hall–Kier alpha value is -2.50. The predicted molar refractivity (Wildman–Crippen MR) is 88.6 cm³/mol. The van der Waals surface area contributed by atoms with Crippen molar-refractivity contribution in [2.24, 2.45) is 0 Å². The number of carbonyl (C=O) groups excluding carboxylic acids is 1. The molecule has 1 aromatic heterocycles. The number of benzene rings is 1. The number of hydrogen-bond acceptors (Lipinski definition) is 4. The van der Waals surface area contributed by atoms with Crippen molar-refractivity contribution in [1.82, 2.24) is 5.32 Å². The number of nitrogens with one attached hydrogen (secondary N) is 3. The van der Waals surface area contributed by atoms with Crippen LogP contribution in [0.3, 0.4) is 0 Å². The standard InChI is InChI=1S/C16H21N3O3/c1-4-10(3)18-16(21)19-14-13(17-5-2)11-8-6-7-9-12(11)22-15(14)20/h6-10,17H,4-5H2,1-3H3,(H2,18,19,21). The first-order valence-corrected chi connectivity index (χ1v) is 7.44. The van der Waals surface area contributed by atoms with Crippen molar-refractivity contribution in [2.75, 3.05) is 17.2 Å². The molecular weight excluding hydrogens is 282 g/mol. The van der Waals surface area contributed by atoms with Gasteiger partial charge in [-0.15, -0.1) is 0 Å². The molecule has 2 amide bonds. The molecule has 1 unspecified atom stereocenters. The van der Waals surface area contributed by atoms with Crippen molar-refractivity contribution in [3.63, 3.8) is 0 Å². The Morgan fingerprint density at radius 3 is 2.64 bits per heavy atom. The highest BCUT2D eigenvalue weighted by Crippen LogP contribution is 2.28. The van der Waals surface area contributed by atoms with Crippen LogP contribution in [0, 0.1) is 0 Å². The van der Waals surface area contributed by atoms with Crippen molar-refractivity contribution in [1.29, 1.82) is 0 Å². The highest BCUT2D eigenvalue weighted by atomic mass is 16.4. The van der Waals surface area contributed by atoms with Crippen LogP contribution in [0.5, 0.6) is 0 Å². The van der Waals surface area contributed by atoms with E-state index in [1.807, 2.05) is 32.9 Å². The van der Waals surface area contributed by atoms with E-state index in [-0.39, 0.29) is 11.7 Å². The Labute approximate surface area is 128 Å². The molecule has 0 aliphatic carbocycles. The number of amides is 2. The zero-order valence-electron chi connectivity index (χ0n) is 13.0. The van der Waals surface area contributed by atoms with Gasteiger partial charge in [-0.1, -0.05) is 19.1 Å². The van der Waals surface area contributed by atoms with Crippen LogP contribution in [0.1, 0.15) is 27.2 Å². The number of anilines is 2. The molecule has 0 bridgehead atoms. The SMILES string of the molecule is CCNc1c(NC(=O)NC(C)CC)c(=O)oc2ccccc12. The molecule has 0 radical (unpaired) electrons. The van der Waals surface area contributed by atoms with E-state index in [9.17, 15) is 9.59 Å². The molecule has 1 aromatic carbocycles. The second-order valence-electron chi connectivity index (χ2n) is 5.07. The van der Waals surface area contributed by atoms with E-state index in [0.29, 0.717) is 17.8 Å². The van der Waals surface area contributed by atoms with E-state index < -0.39 is 11.7 Å². The van der Waals surface area contributed by atoms with Gasteiger partial charge in [0.25, 0.3) is 0 Å². The van der Waals surface area contributed by atoms with Crippen molar-refractivity contribution in [3.05, 3.63) is 34.7 Å². The number of fused-ring (bicyclic) bond motifs is 1. The maximum Gasteiger partial charge on any atom is 0.362 e. The quantitative estimate of drug-likeness (QED) is 0.741. The van der Waals surface area contributed by atoms with Crippen LogP contribution < -0.4 is 21.6 Å². The zero-order chi connectivity index (χ0) is 16.1. The van der Waals surface area contributed by atoms with Crippen LogP contribution in [-0.2, 0) is 0 Å². The molecule has 6 nitrogen and oxygen atoms in total. The summed E-state index contributed by atoms with van der Waals surface area (Å²) in [6.07, 6.45) is 0.805. The minimum Gasteiger partial charge on any atom is -0.421 e. The Kier molecular flexibility index (Phi) is 5.04. The van der Waals surface area contributed by atoms with Crippen molar-refractivity contribution in [2.45, 2.75) is 33.2 Å². The molecule has 1 heterocycles. The Morgan fingerprint density at radius 1 is 1.23 bits per heavy atom. The smallest absolute Gasteiger partial charge is 0.362 e. The van der Waals surface area contributed by atoms with Crippen LogP contribution in [-0.4, -0.2) is 18.6 Å². The molecular formula is C16H21N3O3. The van der Waals surface area contributed by atoms with Crippen molar-refractivity contribution < 1.29 is 9.21 Å². The van der Waals surface area contributed by atoms with E-state index in [2.05, 4.69) is 16.0 Å². The van der Waals surface area contributed by atoms with Gasteiger partial charge in [-0.2, -0.15) is 0 Å². The first-order chi connectivity index (χ1) is 10.6. The highest BCUT2D eigenvalue weighted by molar-refractivity contribution is 6.01. The van der Waals surface area contributed by atoms with E-state index in [1.54, 1.807) is 12.1 Å². The summed E-state index contributed by atoms with van der Waals surface area (Å²) in [6, 6.07) is 6.82. The van der Waals surface area contributed by atoms with E-state index >= 15 is 0 Å². The van der Waals surface area contributed by atoms with Crippen molar-refractivity contribution >= 4 is 28.4 Å². The molecule has 0 fully saturated rings. The molecule has 0 saturated heterocycles. The van der Waals surface area contributed by atoms with Crippen LogP contribution >= 0.6 is 0 Å².